The number of hydrogen-bond acceptors (Lipinski definition) is 3. The van der Waals surface area contributed by atoms with Crippen molar-refractivity contribution in [2.45, 2.75) is 31.0 Å². The SMILES string of the molecule is CC(O)C(C)SCc1ccc(Br)o1. The summed E-state index contributed by atoms with van der Waals surface area (Å²) in [6.07, 6.45) is -0.275. The summed E-state index contributed by atoms with van der Waals surface area (Å²) in [4.78, 5) is 0. The predicted octanol–water partition coefficient (Wildman–Crippen LogP) is 3.04. The molecule has 0 saturated carbocycles. The Bertz CT molecular complexity index is 260. The van der Waals surface area contributed by atoms with Crippen molar-refractivity contribution in [1.82, 2.24) is 0 Å². The van der Waals surface area contributed by atoms with E-state index in [-0.39, 0.29) is 11.4 Å². The number of aliphatic hydroxyl groups excluding tert-OH is 1. The lowest BCUT2D eigenvalue weighted by atomic mass is 10.3. The summed E-state index contributed by atoms with van der Waals surface area (Å²) in [5.41, 5.74) is 0. The van der Waals surface area contributed by atoms with Crippen LogP contribution in [0.2, 0.25) is 0 Å². The molecule has 1 heterocycles. The van der Waals surface area contributed by atoms with E-state index in [9.17, 15) is 5.11 Å². The van der Waals surface area contributed by atoms with Crippen LogP contribution in [0.25, 0.3) is 0 Å². The van der Waals surface area contributed by atoms with Crippen LogP contribution in [0.5, 0.6) is 0 Å². The molecule has 0 aromatic carbocycles. The van der Waals surface area contributed by atoms with Crippen molar-refractivity contribution in [3.63, 3.8) is 0 Å². The molecule has 1 aromatic heterocycles. The van der Waals surface area contributed by atoms with Gasteiger partial charge in [-0.05, 0) is 35.0 Å². The summed E-state index contributed by atoms with van der Waals surface area (Å²) < 4.78 is 6.09. The van der Waals surface area contributed by atoms with Crippen molar-refractivity contribution >= 4 is 27.7 Å². The molecule has 2 unspecified atom stereocenters. The molecular formula is C9H13BrO2S. The van der Waals surface area contributed by atoms with E-state index in [4.69, 9.17) is 4.42 Å². The van der Waals surface area contributed by atoms with Crippen LogP contribution in [-0.2, 0) is 5.75 Å². The molecule has 0 aliphatic heterocycles. The maximum absolute atomic E-state index is 9.24. The van der Waals surface area contributed by atoms with E-state index in [0.717, 1.165) is 16.2 Å². The van der Waals surface area contributed by atoms with Crippen LogP contribution in [0.1, 0.15) is 19.6 Å². The quantitative estimate of drug-likeness (QED) is 0.908. The Morgan fingerprint density at radius 3 is 2.69 bits per heavy atom. The van der Waals surface area contributed by atoms with E-state index in [1.54, 1.807) is 18.7 Å². The topological polar surface area (TPSA) is 33.4 Å². The standard InChI is InChI=1S/C9H13BrO2S/c1-6(11)7(2)13-5-8-3-4-9(10)12-8/h3-4,6-7,11H,5H2,1-2H3. The largest absolute Gasteiger partial charge is 0.453 e. The highest BCUT2D eigenvalue weighted by molar-refractivity contribution is 9.10. The summed E-state index contributed by atoms with van der Waals surface area (Å²) in [6.45, 7) is 3.81. The second kappa shape index (κ2) is 5.08. The van der Waals surface area contributed by atoms with Gasteiger partial charge in [0.05, 0.1) is 11.9 Å². The minimum Gasteiger partial charge on any atom is -0.453 e. The third-order valence-electron chi connectivity index (χ3n) is 1.80. The number of hydrogen-bond donors (Lipinski definition) is 1. The average Bonchev–Trinajstić information content (AvgIpc) is 2.47. The Morgan fingerprint density at radius 1 is 1.54 bits per heavy atom. The Labute approximate surface area is 90.8 Å². The molecule has 0 aliphatic rings. The van der Waals surface area contributed by atoms with Crippen LogP contribution in [0, 0.1) is 0 Å². The Kier molecular flexibility index (Phi) is 4.35. The van der Waals surface area contributed by atoms with Gasteiger partial charge in [-0.15, -0.1) is 11.8 Å². The fourth-order valence-electron chi connectivity index (χ4n) is 0.782. The van der Waals surface area contributed by atoms with Crippen molar-refractivity contribution in [3.05, 3.63) is 22.6 Å². The fourth-order valence-corrected chi connectivity index (χ4v) is 1.98. The van der Waals surface area contributed by atoms with Crippen LogP contribution >= 0.6 is 27.7 Å². The summed E-state index contributed by atoms with van der Waals surface area (Å²) >= 11 is 4.93. The molecule has 4 heteroatoms. The van der Waals surface area contributed by atoms with Crippen LogP contribution < -0.4 is 0 Å². The minimum atomic E-state index is -0.275. The zero-order chi connectivity index (χ0) is 9.84. The first-order chi connectivity index (χ1) is 6.09. The first-order valence-electron chi connectivity index (χ1n) is 4.13. The Balaban J connectivity index is 2.35. The zero-order valence-corrected chi connectivity index (χ0v) is 10.1. The lowest BCUT2D eigenvalue weighted by Crippen LogP contribution is -2.15. The van der Waals surface area contributed by atoms with Crippen LogP contribution in [0.3, 0.4) is 0 Å². The normalized spacial score (nSPS) is 15.7. The molecule has 74 valence electrons. The molecule has 2 atom stereocenters. The van der Waals surface area contributed by atoms with E-state index in [0.29, 0.717) is 0 Å². The lowest BCUT2D eigenvalue weighted by molar-refractivity contribution is 0.196. The second-order valence-electron chi connectivity index (χ2n) is 2.96. The summed E-state index contributed by atoms with van der Waals surface area (Å²) in [5, 5.41) is 9.48. The summed E-state index contributed by atoms with van der Waals surface area (Å²) in [6, 6.07) is 3.81. The molecule has 13 heavy (non-hydrogen) atoms. The van der Waals surface area contributed by atoms with E-state index < -0.39 is 0 Å². The molecule has 2 nitrogen and oxygen atoms in total. The third-order valence-corrected chi connectivity index (χ3v) is 3.59. The van der Waals surface area contributed by atoms with Gasteiger partial charge >= 0.3 is 0 Å². The Hall–Kier alpha value is 0.0700. The van der Waals surface area contributed by atoms with Crippen molar-refractivity contribution in [1.29, 1.82) is 0 Å². The maximum atomic E-state index is 9.24. The van der Waals surface area contributed by atoms with Gasteiger partial charge in [-0.2, -0.15) is 0 Å². The minimum absolute atomic E-state index is 0.240. The zero-order valence-electron chi connectivity index (χ0n) is 7.66. The highest BCUT2D eigenvalue weighted by atomic mass is 79.9. The van der Waals surface area contributed by atoms with E-state index in [1.165, 1.54) is 0 Å². The number of aliphatic hydroxyl groups is 1. The molecule has 0 amide bonds. The highest BCUT2D eigenvalue weighted by Gasteiger charge is 2.10. The van der Waals surface area contributed by atoms with Crippen LogP contribution in [0.4, 0.5) is 0 Å². The van der Waals surface area contributed by atoms with Gasteiger partial charge < -0.3 is 9.52 Å². The van der Waals surface area contributed by atoms with Crippen LogP contribution in [-0.4, -0.2) is 16.5 Å². The van der Waals surface area contributed by atoms with Gasteiger partial charge in [0.2, 0.25) is 0 Å². The number of rotatable bonds is 4. The lowest BCUT2D eigenvalue weighted by Gasteiger charge is -2.12. The first-order valence-corrected chi connectivity index (χ1v) is 5.97. The molecule has 1 aromatic rings. The molecule has 0 bridgehead atoms. The number of halogens is 1. The van der Waals surface area contributed by atoms with Gasteiger partial charge in [-0.25, -0.2) is 0 Å². The van der Waals surface area contributed by atoms with E-state index in [2.05, 4.69) is 15.9 Å². The third kappa shape index (κ3) is 3.75. The van der Waals surface area contributed by atoms with Gasteiger partial charge in [-0.3, -0.25) is 0 Å². The van der Waals surface area contributed by atoms with Gasteiger partial charge in [0.1, 0.15) is 5.76 Å². The van der Waals surface area contributed by atoms with Gasteiger partial charge in [0, 0.05) is 5.25 Å². The molecule has 0 radical (unpaired) electrons. The molecule has 0 spiro atoms. The van der Waals surface area contributed by atoms with Gasteiger partial charge in [0.15, 0.2) is 4.67 Å². The van der Waals surface area contributed by atoms with Gasteiger partial charge in [0.25, 0.3) is 0 Å². The molecule has 1 rings (SSSR count). The molecule has 0 fully saturated rings. The van der Waals surface area contributed by atoms with Gasteiger partial charge in [-0.1, -0.05) is 6.92 Å². The smallest absolute Gasteiger partial charge is 0.169 e. The monoisotopic (exact) mass is 264 g/mol. The van der Waals surface area contributed by atoms with Crippen molar-refractivity contribution in [2.75, 3.05) is 0 Å². The fraction of sp³-hybridized carbons (Fsp3) is 0.556. The number of furan rings is 1. The average molecular weight is 265 g/mol. The summed E-state index contributed by atoms with van der Waals surface area (Å²) in [5.74, 6) is 1.74. The second-order valence-corrected chi connectivity index (χ2v) is 5.11. The van der Waals surface area contributed by atoms with Crippen molar-refractivity contribution in [2.24, 2.45) is 0 Å². The molecule has 0 saturated heterocycles. The number of thioether (sulfide) groups is 1. The molecular weight excluding hydrogens is 252 g/mol. The van der Waals surface area contributed by atoms with E-state index >= 15 is 0 Å². The molecule has 1 N–H and O–H groups in total. The van der Waals surface area contributed by atoms with Crippen molar-refractivity contribution in [3.8, 4) is 0 Å². The highest BCUT2D eigenvalue weighted by Crippen LogP contribution is 2.23. The Morgan fingerprint density at radius 2 is 2.23 bits per heavy atom. The summed E-state index contributed by atoms with van der Waals surface area (Å²) in [7, 11) is 0. The predicted molar refractivity (Wildman–Crippen MR) is 58.8 cm³/mol. The maximum Gasteiger partial charge on any atom is 0.169 e. The first kappa shape index (κ1) is 11.1. The molecule has 0 aliphatic carbocycles. The van der Waals surface area contributed by atoms with Crippen LogP contribution in [0.15, 0.2) is 21.2 Å². The van der Waals surface area contributed by atoms with Crippen molar-refractivity contribution < 1.29 is 9.52 Å². The van der Waals surface area contributed by atoms with E-state index in [1.807, 2.05) is 19.1 Å².